The highest BCUT2D eigenvalue weighted by molar-refractivity contribution is 7.46. The molecular formula is C11H15N2O9P. The lowest BCUT2D eigenvalue weighted by Gasteiger charge is -2.42. The molecule has 1 aromatic rings. The van der Waals surface area contributed by atoms with E-state index in [4.69, 9.17) is 19.3 Å². The fourth-order valence-electron chi connectivity index (χ4n) is 2.65. The Hall–Kier alpha value is -1.33. The molecular weight excluding hydrogens is 335 g/mol. The number of phosphoric acid groups is 1. The molecule has 23 heavy (non-hydrogen) atoms. The second-order valence-electron chi connectivity index (χ2n) is 5.50. The number of phosphoric ester groups is 1. The van der Waals surface area contributed by atoms with Crippen molar-refractivity contribution in [3.63, 3.8) is 0 Å². The van der Waals surface area contributed by atoms with Gasteiger partial charge in [0.05, 0.1) is 13.2 Å². The lowest BCUT2D eigenvalue weighted by Crippen LogP contribution is -2.63. The van der Waals surface area contributed by atoms with Gasteiger partial charge >= 0.3 is 13.5 Å². The highest BCUT2D eigenvalue weighted by Crippen LogP contribution is 2.47. The molecule has 12 heteroatoms. The number of aromatic nitrogens is 2. The van der Waals surface area contributed by atoms with Gasteiger partial charge in [-0.1, -0.05) is 0 Å². The van der Waals surface area contributed by atoms with Gasteiger partial charge in [0.25, 0.3) is 5.56 Å². The molecule has 3 rings (SSSR count). The second-order valence-corrected chi connectivity index (χ2v) is 6.74. The smallest absolute Gasteiger partial charge is 0.382 e. The first-order valence-corrected chi connectivity index (χ1v) is 8.16. The monoisotopic (exact) mass is 350 g/mol. The van der Waals surface area contributed by atoms with Crippen molar-refractivity contribution < 1.29 is 33.5 Å². The van der Waals surface area contributed by atoms with Crippen LogP contribution in [0.1, 0.15) is 11.8 Å². The largest absolute Gasteiger partial charge is 0.469 e. The second kappa shape index (κ2) is 5.35. The van der Waals surface area contributed by atoms with E-state index < -0.39 is 49.7 Å². The summed E-state index contributed by atoms with van der Waals surface area (Å²) < 4.78 is 27.0. The van der Waals surface area contributed by atoms with E-state index >= 15 is 0 Å². The Kier molecular flexibility index (Phi) is 3.84. The lowest BCUT2D eigenvalue weighted by atomic mass is 9.88. The molecule has 0 aliphatic carbocycles. The SMILES string of the molecule is Cc1cn(C2OC(COP(=O)(O)O)C3(O)COC23)c(=O)[nH]c1=O. The van der Waals surface area contributed by atoms with Crippen molar-refractivity contribution in [3.8, 4) is 0 Å². The molecule has 4 unspecified atom stereocenters. The summed E-state index contributed by atoms with van der Waals surface area (Å²) in [5, 5.41) is 10.5. The standard InChI is InChI=1S/C11H15N2O9P/c1-5-2-13(10(15)12-8(5)14)9-7-11(16,4-20-7)6(22-9)3-21-23(17,18)19/h2,6-7,9,16H,3-4H2,1H3,(H,12,14,15)(H2,17,18,19). The number of H-pyrrole nitrogens is 1. The summed E-state index contributed by atoms with van der Waals surface area (Å²) in [6, 6.07) is 0. The molecule has 0 saturated carbocycles. The molecule has 4 atom stereocenters. The molecule has 0 aromatic carbocycles. The first-order valence-electron chi connectivity index (χ1n) is 6.63. The van der Waals surface area contributed by atoms with Gasteiger partial charge in [-0.05, 0) is 6.92 Å². The Morgan fingerprint density at radius 2 is 2.22 bits per heavy atom. The topological polar surface area (TPSA) is 160 Å². The molecule has 4 N–H and O–H groups in total. The number of nitrogens with one attached hydrogen (secondary N) is 1. The van der Waals surface area contributed by atoms with Gasteiger partial charge in [-0.15, -0.1) is 0 Å². The van der Waals surface area contributed by atoms with Crippen molar-refractivity contribution in [1.29, 1.82) is 0 Å². The van der Waals surface area contributed by atoms with Gasteiger partial charge in [0.2, 0.25) is 0 Å². The molecule has 0 amide bonds. The summed E-state index contributed by atoms with van der Waals surface area (Å²) in [5.74, 6) is 0. The number of nitrogens with zero attached hydrogens (tertiary/aromatic N) is 1. The fourth-order valence-corrected chi connectivity index (χ4v) is 2.98. The quantitative estimate of drug-likeness (QED) is 0.449. The van der Waals surface area contributed by atoms with Crippen LogP contribution < -0.4 is 11.2 Å². The molecule has 2 aliphatic heterocycles. The summed E-state index contributed by atoms with van der Waals surface area (Å²) in [6.07, 6.45) is -1.81. The van der Waals surface area contributed by atoms with Crippen LogP contribution in [0.25, 0.3) is 0 Å². The minimum atomic E-state index is -4.73. The van der Waals surface area contributed by atoms with E-state index in [1.54, 1.807) is 0 Å². The van der Waals surface area contributed by atoms with Crippen LogP contribution in [0.4, 0.5) is 0 Å². The van der Waals surface area contributed by atoms with E-state index in [9.17, 15) is 19.3 Å². The number of fused-ring (bicyclic) bond motifs is 1. The summed E-state index contributed by atoms with van der Waals surface area (Å²) in [5.41, 5.74) is -2.58. The molecule has 0 radical (unpaired) electrons. The normalized spacial score (nSPS) is 33.3. The Labute approximate surface area is 128 Å². The number of aryl methyl sites for hydroxylation is 1. The van der Waals surface area contributed by atoms with Gasteiger partial charge < -0.3 is 24.4 Å². The van der Waals surface area contributed by atoms with E-state index in [1.165, 1.54) is 13.1 Å². The van der Waals surface area contributed by atoms with E-state index in [-0.39, 0.29) is 12.2 Å². The maximum atomic E-state index is 11.9. The van der Waals surface area contributed by atoms with Crippen molar-refractivity contribution >= 4 is 7.82 Å². The van der Waals surface area contributed by atoms with Crippen LogP contribution in [0.5, 0.6) is 0 Å². The van der Waals surface area contributed by atoms with Gasteiger partial charge in [-0.25, -0.2) is 9.36 Å². The minimum absolute atomic E-state index is 0.125. The molecule has 3 heterocycles. The van der Waals surface area contributed by atoms with Crippen LogP contribution in [-0.2, 0) is 18.6 Å². The Balaban J connectivity index is 1.88. The van der Waals surface area contributed by atoms with Crippen molar-refractivity contribution in [3.05, 3.63) is 32.6 Å². The van der Waals surface area contributed by atoms with Crippen LogP contribution in [0.2, 0.25) is 0 Å². The number of hydrogen-bond acceptors (Lipinski definition) is 7. The molecule has 128 valence electrons. The zero-order chi connectivity index (χ0) is 17.0. The number of aliphatic hydroxyl groups is 1. The maximum Gasteiger partial charge on any atom is 0.469 e. The van der Waals surface area contributed by atoms with Gasteiger partial charge in [0, 0.05) is 11.8 Å². The first kappa shape index (κ1) is 16.5. The van der Waals surface area contributed by atoms with E-state index in [1.807, 2.05) is 0 Å². The van der Waals surface area contributed by atoms with Crippen LogP contribution in [0.3, 0.4) is 0 Å². The van der Waals surface area contributed by atoms with Crippen LogP contribution in [0.15, 0.2) is 15.8 Å². The zero-order valence-corrected chi connectivity index (χ0v) is 12.8. The summed E-state index contributed by atoms with van der Waals surface area (Å²) in [6.45, 7) is 0.792. The molecule has 0 spiro atoms. The number of rotatable bonds is 4. The molecule has 2 fully saturated rings. The summed E-state index contributed by atoms with van der Waals surface area (Å²) >= 11 is 0. The third-order valence-electron chi connectivity index (χ3n) is 3.92. The third kappa shape index (κ3) is 2.81. The number of hydrogen-bond donors (Lipinski definition) is 4. The average Bonchev–Trinajstić information content (AvgIpc) is 2.61. The molecule has 0 bridgehead atoms. The Morgan fingerprint density at radius 3 is 2.78 bits per heavy atom. The number of ether oxygens (including phenoxy) is 2. The Morgan fingerprint density at radius 1 is 1.52 bits per heavy atom. The molecule has 11 nitrogen and oxygen atoms in total. The van der Waals surface area contributed by atoms with E-state index in [2.05, 4.69) is 9.51 Å². The zero-order valence-electron chi connectivity index (χ0n) is 11.9. The highest BCUT2D eigenvalue weighted by Gasteiger charge is 2.64. The molecule has 2 aliphatic rings. The lowest BCUT2D eigenvalue weighted by molar-refractivity contribution is -0.236. The van der Waals surface area contributed by atoms with Crippen molar-refractivity contribution in [2.24, 2.45) is 0 Å². The Bertz CT molecular complexity index is 782. The average molecular weight is 350 g/mol. The van der Waals surface area contributed by atoms with Gasteiger partial charge in [-0.2, -0.15) is 0 Å². The van der Waals surface area contributed by atoms with Crippen LogP contribution >= 0.6 is 7.82 Å². The van der Waals surface area contributed by atoms with Crippen molar-refractivity contribution in [2.45, 2.75) is 31.0 Å². The van der Waals surface area contributed by atoms with Gasteiger partial charge in [-0.3, -0.25) is 18.9 Å². The number of aromatic amines is 1. The molecule has 2 saturated heterocycles. The maximum absolute atomic E-state index is 11.9. The predicted molar refractivity (Wildman–Crippen MR) is 72.7 cm³/mol. The fraction of sp³-hybridized carbons (Fsp3) is 0.636. The van der Waals surface area contributed by atoms with E-state index in [0.29, 0.717) is 0 Å². The third-order valence-corrected chi connectivity index (χ3v) is 4.41. The summed E-state index contributed by atoms with van der Waals surface area (Å²) in [4.78, 5) is 42.9. The van der Waals surface area contributed by atoms with Crippen molar-refractivity contribution in [1.82, 2.24) is 9.55 Å². The van der Waals surface area contributed by atoms with Crippen LogP contribution in [0, 0.1) is 6.92 Å². The van der Waals surface area contributed by atoms with E-state index in [0.717, 1.165) is 4.57 Å². The highest BCUT2D eigenvalue weighted by atomic mass is 31.2. The van der Waals surface area contributed by atoms with Crippen molar-refractivity contribution in [2.75, 3.05) is 13.2 Å². The first-order chi connectivity index (χ1) is 10.6. The minimum Gasteiger partial charge on any atom is -0.382 e. The summed E-state index contributed by atoms with van der Waals surface area (Å²) in [7, 11) is -4.73. The van der Waals surface area contributed by atoms with Gasteiger partial charge in [0.15, 0.2) is 6.23 Å². The predicted octanol–water partition coefficient (Wildman–Crippen LogP) is -2.02. The molecule has 1 aromatic heterocycles. The van der Waals surface area contributed by atoms with Crippen LogP contribution in [-0.4, -0.2) is 55.5 Å². The van der Waals surface area contributed by atoms with Gasteiger partial charge in [0.1, 0.15) is 17.8 Å².